The molecule has 1 N–H and O–H groups in total. The van der Waals surface area contributed by atoms with Gasteiger partial charge in [0, 0.05) is 32.1 Å². The van der Waals surface area contributed by atoms with Crippen LogP contribution in [0.5, 0.6) is 0 Å². The second-order valence-corrected chi connectivity index (χ2v) is 6.19. The average Bonchev–Trinajstić information content (AvgIpc) is 3.17. The normalized spacial score (nSPS) is 20.8. The van der Waals surface area contributed by atoms with E-state index in [4.69, 9.17) is 0 Å². The van der Waals surface area contributed by atoms with E-state index in [9.17, 15) is 9.90 Å². The van der Waals surface area contributed by atoms with E-state index < -0.39 is 5.97 Å². The molecule has 1 aliphatic carbocycles. The van der Waals surface area contributed by atoms with Gasteiger partial charge in [0.05, 0.1) is 5.69 Å². The Hall–Kier alpha value is -1.14. The van der Waals surface area contributed by atoms with Gasteiger partial charge in [-0.15, -0.1) is 0 Å². The molecule has 0 atom stereocenters. The monoisotopic (exact) mass is 281 g/mol. The van der Waals surface area contributed by atoms with E-state index in [0.29, 0.717) is 10.8 Å². The van der Waals surface area contributed by atoms with Crippen LogP contribution in [0, 0.1) is 0 Å². The number of carboxylic acids is 1. The first kappa shape index (κ1) is 12.9. The molecule has 0 amide bonds. The molecule has 2 aliphatic rings. The van der Waals surface area contributed by atoms with Crippen molar-refractivity contribution < 1.29 is 9.90 Å². The predicted molar refractivity (Wildman–Crippen MR) is 75.4 cm³/mol. The third-order valence-electron chi connectivity index (χ3n) is 3.89. The summed E-state index contributed by atoms with van der Waals surface area (Å²) in [6.45, 7) is 7.23. The Balaban J connectivity index is 1.78. The highest BCUT2D eigenvalue weighted by atomic mass is 32.1. The maximum absolute atomic E-state index is 11.3. The van der Waals surface area contributed by atoms with E-state index in [-0.39, 0.29) is 0 Å². The molecule has 2 fully saturated rings. The number of likely N-dealkylation sites (N-methyl/N-ethyl adjacent to an activating group) is 1. The molecule has 2 heterocycles. The molecule has 1 saturated heterocycles. The number of piperazine rings is 1. The third kappa shape index (κ3) is 2.60. The number of anilines is 1. The van der Waals surface area contributed by atoms with E-state index in [1.165, 1.54) is 11.3 Å². The molecule has 0 radical (unpaired) electrons. The third-order valence-corrected chi connectivity index (χ3v) is 5.01. The van der Waals surface area contributed by atoms with Crippen molar-refractivity contribution in [3.05, 3.63) is 10.6 Å². The van der Waals surface area contributed by atoms with Gasteiger partial charge in [0.1, 0.15) is 4.88 Å². The lowest BCUT2D eigenvalue weighted by Crippen LogP contribution is -2.46. The Morgan fingerprint density at radius 2 is 2.05 bits per heavy atom. The largest absolute Gasteiger partial charge is 0.477 e. The fourth-order valence-electron chi connectivity index (χ4n) is 2.50. The Morgan fingerprint density at radius 3 is 2.58 bits per heavy atom. The maximum Gasteiger partial charge on any atom is 0.347 e. The minimum Gasteiger partial charge on any atom is -0.477 e. The Labute approximate surface area is 116 Å². The summed E-state index contributed by atoms with van der Waals surface area (Å²) in [5.74, 6) is -0.425. The highest BCUT2D eigenvalue weighted by Gasteiger charge is 2.33. The van der Waals surface area contributed by atoms with Crippen LogP contribution in [-0.2, 0) is 0 Å². The topological polar surface area (TPSA) is 56.7 Å². The van der Waals surface area contributed by atoms with Crippen LogP contribution in [0.2, 0.25) is 0 Å². The zero-order valence-corrected chi connectivity index (χ0v) is 11.9. The minimum atomic E-state index is -0.821. The molecule has 0 spiro atoms. The number of carbonyl (C=O) groups is 1. The zero-order valence-electron chi connectivity index (χ0n) is 11.1. The molecular weight excluding hydrogens is 262 g/mol. The van der Waals surface area contributed by atoms with Gasteiger partial charge in [0.15, 0.2) is 5.13 Å². The van der Waals surface area contributed by atoms with Crippen LogP contribution in [0.3, 0.4) is 0 Å². The van der Waals surface area contributed by atoms with E-state index >= 15 is 0 Å². The average molecular weight is 281 g/mol. The molecule has 3 rings (SSSR count). The van der Waals surface area contributed by atoms with Gasteiger partial charge < -0.3 is 14.9 Å². The fourth-order valence-corrected chi connectivity index (χ4v) is 3.54. The van der Waals surface area contributed by atoms with Gasteiger partial charge in [0.2, 0.25) is 0 Å². The zero-order chi connectivity index (χ0) is 13.4. The number of aromatic carboxylic acids is 1. The van der Waals surface area contributed by atoms with Crippen LogP contribution in [0.25, 0.3) is 0 Å². The SMILES string of the molecule is CCN1CCN(c2nc(C3CC3)c(C(=O)O)s2)CC1. The molecule has 1 aliphatic heterocycles. The molecule has 0 unspecified atom stereocenters. The summed E-state index contributed by atoms with van der Waals surface area (Å²) in [4.78, 5) is 21.0. The maximum atomic E-state index is 11.3. The number of rotatable bonds is 4. The van der Waals surface area contributed by atoms with Crippen molar-refractivity contribution in [1.29, 1.82) is 0 Å². The number of thiazole rings is 1. The van der Waals surface area contributed by atoms with Crippen LogP contribution < -0.4 is 4.90 Å². The van der Waals surface area contributed by atoms with Gasteiger partial charge in [-0.05, 0) is 19.4 Å². The summed E-state index contributed by atoms with van der Waals surface area (Å²) in [5.41, 5.74) is 0.824. The smallest absolute Gasteiger partial charge is 0.347 e. The number of carboxylic acid groups (broad SMARTS) is 1. The molecule has 5 nitrogen and oxygen atoms in total. The lowest BCUT2D eigenvalue weighted by Gasteiger charge is -2.33. The summed E-state index contributed by atoms with van der Waals surface area (Å²) in [6, 6.07) is 0. The lowest BCUT2D eigenvalue weighted by molar-refractivity contribution is 0.0700. The molecule has 1 aromatic rings. The van der Waals surface area contributed by atoms with Crippen LogP contribution in [0.15, 0.2) is 0 Å². The van der Waals surface area contributed by atoms with Crippen molar-refractivity contribution in [3.63, 3.8) is 0 Å². The summed E-state index contributed by atoms with van der Waals surface area (Å²) in [7, 11) is 0. The number of aromatic nitrogens is 1. The van der Waals surface area contributed by atoms with Gasteiger partial charge in [-0.2, -0.15) is 0 Å². The van der Waals surface area contributed by atoms with E-state index in [0.717, 1.165) is 56.4 Å². The summed E-state index contributed by atoms with van der Waals surface area (Å²) in [5, 5.41) is 10.2. The van der Waals surface area contributed by atoms with E-state index in [2.05, 4.69) is 21.7 Å². The van der Waals surface area contributed by atoms with Crippen LogP contribution in [-0.4, -0.2) is 53.7 Å². The fraction of sp³-hybridized carbons (Fsp3) is 0.692. The Bertz CT molecular complexity index is 476. The molecule has 0 bridgehead atoms. The van der Waals surface area contributed by atoms with Gasteiger partial charge >= 0.3 is 5.97 Å². The molecule has 104 valence electrons. The molecule has 1 aromatic heterocycles. The van der Waals surface area contributed by atoms with Gasteiger partial charge in [0.25, 0.3) is 0 Å². The van der Waals surface area contributed by atoms with E-state index in [1.807, 2.05) is 0 Å². The van der Waals surface area contributed by atoms with Crippen LogP contribution in [0.1, 0.15) is 41.0 Å². The van der Waals surface area contributed by atoms with E-state index in [1.54, 1.807) is 0 Å². The standard InChI is InChI=1S/C13H19N3O2S/c1-2-15-5-7-16(8-6-15)13-14-10(9-3-4-9)11(19-13)12(17)18/h9H,2-8H2,1H3,(H,17,18). The number of hydrogen-bond donors (Lipinski definition) is 1. The second-order valence-electron chi connectivity index (χ2n) is 5.21. The van der Waals surface area contributed by atoms with Crippen molar-refractivity contribution in [1.82, 2.24) is 9.88 Å². The Kier molecular flexibility index (Phi) is 3.45. The molecular formula is C13H19N3O2S. The number of hydrogen-bond acceptors (Lipinski definition) is 5. The van der Waals surface area contributed by atoms with Crippen molar-refractivity contribution in [2.75, 3.05) is 37.6 Å². The molecule has 1 saturated carbocycles. The first-order chi connectivity index (χ1) is 9.19. The van der Waals surface area contributed by atoms with Crippen LogP contribution >= 0.6 is 11.3 Å². The molecule has 6 heteroatoms. The predicted octanol–water partition coefficient (Wildman–Crippen LogP) is 1.86. The van der Waals surface area contributed by atoms with Gasteiger partial charge in [-0.1, -0.05) is 18.3 Å². The van der Waals surface area contributed by atoms with Crippen molar-refractivity contribution in [2.24, 2.45) is 0 Å². The van der Waals surface area contributed by atoms with Gasteiger partial charge in [-0.25, -0.2) is 9.78 Å². The summed E-state index contributed by atoms with van der Waals surface area (Å²) in [6.07, 6.45) is 2.18. The van der Waals surface area contributed by atoms with Crippen molar-refractivity contribution in [3.8, 4) is 0 Å². The number of nitrogens with zero attached hydrogens (tertiary/aromatic N) is 3. The van der Waals surface area contributed by atoms with Crippen molar-refractivity contribution in [2.45, 2.75) is 25.7 Å². The lowest BCUT2D eigenvalue weighted by atomic mass is 10.2. The van der Waals surface area contributed by atoms with Crippen molar-refractivity contribution >= 4 is 22.4 Å². The molecule has 0 aromatic carbocycles. The minimum absolute atomic E-state index is 0.396. The first-order valence-electron chi connectivity index (χ1n) is 6.90. The molecule has 19 heavy (non-hydrogen) atoms. The quantitative estimate of drug-likeness (QED) is 0.913. The Morgan fingerprint density at radius 1 is 1.37 bits per heavy atom. The first-order valence-corrected chi connectivity index (χ1v) is 7.72. The highest BCUT2D eigenvalue weighted by molar-refractivity contribution is 7.17. The summed E-state index contributed by atoms with van der Waals surface area (Å²) < 4.78 is 0. The van der Waals surface area contributed by atoms with Crippen LogP contribution in [0.4, 0.5) is 5.13 Å². The van der Waals surface area contributed by atoms with Gasteiger partial charge in [-0.3, -0.25) is 0 Å². The highest BCUT2D eigenvalue weighted by Crippen LogP contribution is 2.44. The second kappa shape index (κ2) is 5.09. The summed E-state index contributed by atoms with van der Waals surface area (Å²) >= 11 is 1.35.